The minimum atomic E-state index is -0.350. The first-order valence-corrected chi connectivity index (χ1v) is 8.05. The molecule has 0 unspecified atom stereocenters. The van der Waals surface area contributed by atoms with Crippen molar-refractivity contribution in [2.24, 2.45) is 11.7 Å². The summed E-state index contributed by atoms with van der Waals surface area (Å²) in [5, 5.41) is 0. The quantitative estimate of drug-likeness (QED) is 0.745. The molecule has 0 heterocycles. The number of nitrogens with two attached hydrogens (primary N) is 2. The minimum Gasteiger partial charge on any atom is -0.398 e. The van der Waals surface area contributed by atoms with Gasteiger partial charge < -0.3 is 11.5 Å². The van der Waals surface area contributed by atoms with Gasteiger partial charge in [-0.1, -0.05) is 35.2 Å². The van der Waals surface area contributed by atoms with Gasteiger partial charge in [0.15, 0.2) is 0 Å². The SMILES string of the molecule is C[C@](N)(c1cc(Br)cc(Br)c1N)C1CCCCC1. The van der Waals surface area contributed by atoms with Crippen LogP contribution >= 0.6 is 31.9 Å². The molecular weight excluding hydrogens is 356 g/mol. The van der Waals surface area contributed by atoms with Crippen molar-refractivity contribution in [1.29, 1.82) is 0 Å². The molecule has 1 fully saturated rings. The Balaban J connectivity index is 2.39. The van der Waals surface area contributed by atoms with Crippen molar-refractivity contribution < 1.29 is 0 Å². The van der Waals surface area contributed by atoms with Crippen molar-refractivity contribution in [2.75, 3.05) is 5.73 Å². The van der Waals surface area contributed by atoms with Crippen molar-refractivity contribution >= 4 is 37.5 Å². The maximum absolute atomic E-state index is 6.63. The standard InChI is InChI=1S/C14H20Br2N2/c1-14(18,9-5-3-2-4-6-9)11-7-10(15)8-12(16)13(11)17/h7-9H,2-6,17-18H2,1H3/t14-/m1/s1. The zero-order chi connectivity index (χ0) is 13.3. The monoisotopic (exact) mass is 374 g/mol. The van der Waals surface area contributed by atoms with E-state index < -0.39 is 0 Å². The van der Waals surface area contributed by atoms with E-state index in [1.54, 1.807) is 0 Å². The van der Waals surface area contributed by atoms with Crippen LogP contribution in [0.15, 0.2) is 21.1 Å². The van der Waals surface area contributed by atoms with Crippen molar-refractivity contribution in [3.63, 3.8) is 0 Å². The molecule has 4 heteroatoms. The summed E-state index contributed by atoms with van der Waals surface area (Å²) in [6.07, 6.45) is 6.32. The molecule has 4 N–H and O–H groups in total. The number of anilines is 1. The van der Waals surface area contributed by atoms with E-state index in [0.29, 0.717) is 5.92 Å². The Bertz CT molecular complexity index is 438. The van der Waals surface area contributed by atoms with Gasteiger partial charge in [0.25, 0.3) is 0 Å². The third-order valence-corrected chi connectivity index (χ3v) is 5.24. The molecule has 2 rings (SSSR count). The topological polar surface area (TPSA) is 52.0 Å². The van der Waals surface area contributed by atoms with Crippen LogP contribution in [0.4, 0.5) is 5.69 Å². The second-order valence-corrected chi connectivity index (χ2v) is 7.24. The van der Waals surface area contributed by atoms with Crippen LogP contribution < -0.4 is 11.5 Å². The van der Waals surface area contributed by atoms with E-state index in [1.165, 1.54) is 32.1 Å². The molecule has 1 aromatic rings. The molecular formula is C14H20Br2N2. The predicted octanol–water partition coefficient (Wildman–Crippen LogP) is 4.55. The van der Waals surface area contributed by atoms with Gasteiger partial charge in [0.1, 0.15) is 0 Å². The molecule has 0 aliphatic heterocycles. The molecule has 1 saturated carbocycles. The Morgan fingerprint density at radius 1 is 1.17 bits per heavy atom. The van der Waals surface area contributed by atoms with E-state index in [2.05, 4.69) is 44.8 Å². The fraction of sp³-hybridized carbons (Fsp3) is 0.571. The van der Waals surface area contributed by atoms with E-state index >= 15 is 0 Å². The van der Waals surface area contributed by atoms with E-state index in [0.717, 1.165) is 20.2 Å². The zero-order valence-corrected chi connectivity index (χ0v) is 13.9. The average Bonchev–Trinajstić information content (AvgIpc) is 2.34. The first-order valence-electron chi connectivity index (χ1n) is 6.47. The summed E-state index contributed by atoms with van der Waals surface area (Å²) in [6.45, 7) is 2.12. The van der Waals surface area contributed by atoms with Gasteiger partial charge in [0.05, 0.1) is 5.69 Å². The lowest BCUT2D eigenvalue weighted by Gasteiger charge is -2.38. The van der Waals surface area contributed by atoms with Crippen LogP contribution in [-0.4, -0.2) is 0 Å². The number of nitrogen functional groups attached to an aromatic ring is 1. The van der Waals surface area contributed by atoms with Gasteiger partial charge in [-0.15, -0.1) is 0 Å². The smallest absolute Gasteiger partial charge is 0.0510 e. The van der Waals surface area contributed by atoms with E-state index in [-0.39, 0.29) is 5.54 Å². The third kappa shape index (κ3) is 2.75. The number of hydrogen-bond acceptors (Lipinski definition) is 2. The molecule has 100 valence electrons. The second kappa shape index (κ2) is 5.51. The second-order valence-electron chi connectivity index (χ2n) is 5.47. The fourth-order valence-corrected chi connectivity index (χ4v) is 4.18. The van der Waals surface area contributed by atoms with Gasteiger partial charge in [0.2, 0.25) is 0 Å². The Hall–Kier alpha value is -0.0600. The summed E-state index contributed by atoms with van der Waals surface area (Å²) in [5.74, 6) is 0.523. The lowest BCUT2D eigenvalue weighted by Crippen LogP contribution is -2.42. The summed E-state index contributed by atoms with van der Waals surface area (Å²) in [7, 11) is 0. The van der Waals surface area contributed by atoms with Gasteiger partial charge in [-0.25, -0.2) is 0 Å². The maximum atomic E-state index is 6.63. The predicted molar refractivity (Wildman–Crippen MR) is 84.4 cm³/mol. The van der Waals surface area contributed by atoms with Gasteiger partial charge in [-0.2, -0.15) is 0 Å². The molecule has 0 amide bonds. The Morgan fingerprint density at radius 2 is 1.78 bits per heavy atom. The van der Waals surface area contributed by atoms with Crippen LogP contribution in [0.1, 0.15) is 44.6 Å². The van der Waals surface area contributed by atoms with Crippen LogP contribution in [0.5, 0.6) is 0 Å². The average molecular weight is 376 g/mol. The van der Waals surface area contributed by atoms with Gasteiger partial charge in [-0.3, -0.25) is 0 Å². The van der Waals surface area contributed by atoms with Crippen molar-refractivity contribution in [2.45, 2.75) is 44.6 Å². The summed E-state index contributed by atoms with van der Waals surface area (Å²) < 4.78 is 1.94. The number of benzene rings is 1. The molecule has 0 spiro atoms. The molecule has 0 aromatic heterocycles. The van der Waals surface area contributed by atoms with E-state index in [9.17, 15) is 0 Å². The summed E-state index contributed by atoms with van der Waals surface area (Å²) in [5.41, 5.74) is 14.3. The lowest BCUT2D eigenvalue weighted by molar-refractivity contribution is 0.225. The maximum Gasteiger partial charge on any atom is 0.0510 e. The van der Waals surface area contributed by atoms with Gasteiger partial charge in [-0.05, 0) is 59.3 Å². The minimum absolute atomic E-state index is 0.350. The largest absolute Gasteiger partial charge is 0.398 e. The zero-order valence-electron chi connectivity index (χ0n) is 10.7. The Labute approximate surface area is 126 Å². The van der Waals surface area contributed by atoms with Crippen molar-refractivity contribution in [3.8, 4) is 0 Å². The molecule has 0 bridgehead atoms. The highest BCUT2D eigenvalue weighted by Gasteiger charge is 2.34. The van der Waals surface area contributed by atoms with Crippen LogP contribution in [0.25, 0.3) is 0 Å². The van der Waals surface area contributed by atoms with Crippen LogP contribution in [0.3, 0.4) is 0 Å². The Morgan fingerprint density at radius 3 is 2.39 bits per heavy atom. The molecule has 1 aliphatic rings. The van der Waals surface area contributed by atoms with Gasteiger partial charge in [0, 0.05) is 14.5 Å². The highest BCUT2D eigenvalue weighted by Crippen LogP contribution is 2.42. The fourth-order valence-electron chi connectivity index (χ4n) is 2.95. The van der Waals surface area contributed by atoms with Gasteiger partial charge >= 0.3 is 0 Å². The van der Waals surface area contributed by atoms with Crippen LogP contribution in [-0.2, 0) is 5.54 Å². The summed E-state index contributed by atoms with van der Waals surface area (Å²) in [4.78, 5) is 0. The van der Waals surface area contributed by atoms with Crippen molar-refractivity contribution in [1.82, 2.24) is 0 Å². The molecule has 1 atom stereocenters. The number of hydrogen-bond donors (Lipinski definition) is 2. The summed E-state index contributed by atoms with van der Waals surface area (Å²) >= 11 is 7.03. The van der Waals surface area contributed by atoms with Crippen LogP contribution in [0.2, 0.25) is 0 Å². The highest BCUT2D eigenvalue weighted by atomic mass is 79.9. The third-order valence-electron chi connectivity index (χ3n) is 4.13. The molecule has 0 radical (unpaired) electrons. The summed E-state index contributed by atoms with van der Waals surface area (Å²) in [6, 6.07) is 4.03. The van der Waals surface area contributed by atoms with Crippen LogP contribution in [0, 0.1) is 5.92 Å². The molecule has 18 heavy (non-hydrogen) atoms. The van der Waals surface area contributed by atoms with E-state index in [1.807, 2.05) is 6.07 Å². The highest BCUT2D eigenvalue weighted by molar-refractivity contribution is 9.11. The Kier molecular flexibility index (Phi) is 4.40. The first-order chi connectivity index (χ1) is 8.43. The molecule has 1 aromatic carbocycles. The molecule has 1 aliphatic carbocycles. The van der Waals surface area contributed by atoms with Crippen molar-refractivity contribution in [3.05, 3.63) is 26.6 Å². The lowest BCUT2D eigenvalue weighted by atomic mass is 9.72. The molecule has 2 nitrogen and oxygen atoms in total. The number of halogens is 2. The molecule has 0 saturated heterocycles. The van der Waals surface area contributed by atoms with E-state index in [4.69, 9.17) is 11.5 Å². The number of rotatable bonds is 2. The first kappa shape index (κ1) is 14.4. The normalized spacial score (nSPS) is 20.7.